The number of aliphatic hydroxyl groups excluding tert-OH is 1. The summed E-state index contributed by atoms with van der Waals surface area (Å²) in [4.78, 5) is 0. The summed E-state index contributed by atoms with van der Waals surface area (Å²) in [6, 6.07) is 0. The summed E-state index contributed by atoms with van der Waals surface area (Å²) >= 11 is 0. The molecule has 0 amide bonds. The van der Waals surface area contributed by atoms with Crippen LogP contribution < -0.4 is 5.73 Å². The highest BCUT2D eigenvalue weighted by Gasteiger charge is 2.12. The normalized spacial score (nSPS) is 15.3. The quantitative estimate of drug-likeness (QED) is 0.617. The molecule has 1 unspecified atom stereocenters. The van der Waals surface area contributed by atoms with E-state index in [9.17, 15) is 0 Å². The number of rotatable bonds is 4. The van der Waals surface area contributed by atoms with Gasteiger partial charge in [-0.2, -0.15) is 0 Å². The van der Waals surface area contributed by atoms with Gasteiger partial charge in [0.15, 0.2) is 0 Å². The fraction of sp³-hybridized carbons (Fsp3) is 0.875. The summed E-state index contributed by atoms with van der Waals surface area (Å²) < 4.78 is 0. The molecule has 0 aliphatic heterocycles. The third-order valence-electron chi connectivity index (χ3n) is 1.43. The van der Waals surface area contributed by atoms with E-state index < -0.39 is 0 Å². The summed E-state index contributed by atoms with van der Waals surface area (Å²) in [5, 5.41) is 9.07. The van der Waals surface area contributed by atoms with Crippen molar-refractivity contribution in [1.82, 2.24) is 0 Å². The van der Waals surface area contributed by atoms with Crippen molar-refractivity contribution in [2.45, 2.75) is 32.8 Å². The first-order valence-corrected chi connectivity index (χ1v) is 3.69. The third-order valence-corrected chi connectivity index (χ3v) is 1.43. The summed E-state index contributed by atoms with van der Waals surface area (Å²) in [6.45, 7) is 8.39. The van der Waals surface area contributed by atoms with Crippen molar-refractivity contribution in [2.75, 3.05) is 6.54 Å². The van der Waals surface area contributed by atoms with Crippen molar-refractivity contribution >= 4 is 0 Å². The standard InChI is InChI=1S/C8H18NO/c1-8(2,3)5-4-7(10)6-9/h7,10H,1,4-6,9H2,2-3H3. The minimum atomic E-state index is -0.346. The van der Waals surface area contributed by atoms with Gasteiger partial charge in [-0.1, -0.05) is 13.8 Å². The molecule has 0 aliphatic carbocycles. The molecule has 0 saturated heterocycles. The second-order valence-corrected chi connectivity index (χ2v) is 3.59. The fourth-order valence-electron chi connectivity index (χ4n) is 0.675. The van der Waals surface area contributed by atoms with Crippen LogP contribution in [0.25, 0.3) is 0 Å². The number of hydrogen-bond donors (Lipinski definition) is 2. The molecule has 2 heteroatoms. The predicted molar refractivity (Wildman–Crippen MR) is 43.4 cm³/mol. The molecule has 0 saturated carbocycles. The van der Waals surface area contributed by atoms with Crippen molar-refractivity contribution in [2.24, 2.45) is 11.1 Å². The van der Waals surface area contributed by atoms with Gasteiger partial charge < -0.3 is 10.8 Å². The number of nitrogens with two attached hydrogens (primary N) is 1. The molecule has 0 heterocycles. The zero-order valence-corrected chi connectivity index (χ0v) is 6.93. The molecule has 3 N–H and O–H groups in total. The second kappa shape index (κ2) is 3.94. The Balaban J connectivity index is 3.36. The van der Waals surface area contributed by atoms with Crippen LogP contribution in [0, 0.1) is 12.3 Å². The lowest BCUT2D eigenvalue weighted by Crippen LogP contribution is -2.21. The second-order valence-electron chi connectivity index (χ2n) is 3.59. The van der Waals surface area contributed by atoms with Crippen LogP contribution >= 0.6 is 0 Å². The van der Waals surface area contributed by atoms with E-state index in [0.717, 1.165) is 12.8 Å². The Morgan fingerprint density at radius 2 is 2.10 bits per heavy atom. The monoisotopic (exact) mass is 144 g/mol. The molecule has 2 nitrogen and oxygen atoms in total. The van der Waals surface area contributed by atoms with E-state index in [1.807, 2.05) is 0 Å². The van der Waals surface area contributed by atoms with Crippen molar-refractivity contribution in [3.8, 4) is 0 Å². The summed E-state index contributed by atoms with van der Waals surface area (Å²) in [5.74, 6) is 0. The molecule has 0 spiro atoms. The maximum atomic E-state index is 9.07. The highest BCUT2D eigenvalue weighted by molar-refractivity contribution is 4.72. The minimum Gasteiger partial charge on any atom is -0.392 e. The Morgan fingerprint density at radius 3 is 2.40 bits per heavy atom. The minimum absolute atomic E-state index is 0.0656. The Bertz CT molecular complexity index is 85.7. The summed E-state index contributed by atoms with van der Waals surface area (Å²) in [7, 11) is 0. The highest BCUT2D eigenvalue weighted by Crippen LogP contribution is 2.20. The van der Waals surface area contributed by atoms with Crippen LogP contribution in [0.2, 0.25) is 0 Å². The SMILES string of the molecule is [CH2]C(C)(C)CCC(O)CN. The van der Waals surface area contributed by atoms with Crippen LogP contribution in [0.3, 0.4) is 0 Å². The van der Waals surface area contributed by atoms with E-state index in [-0.39, 0.29) is 11.5 Å². The van der Waals surface area contributed by atoms with Crippen LogP contribution in [-0.2, 0) is 0 Å². The van der Waals surface area contributed by atoms with Gasteiger partial charge in [0, 0.05) is 6.54 Å². The van der Waals surface area contributed by atoms with E-state index in [0.29, 0.717) is 6.54 Å². The van der Waals surface area contributed by atoms with Gasteiger partial charge in [0.05, 0.1) is 6.10 Å². The molecular weight excluding hydrogens is 126 g/mol. The van der Waals surface area contributed by atoms with Gasteiger partial charge in [-0.25, -0.2) is 0 Å². The zero-order valence-electron chi connectivity index (χ0n) is 6.93. The molecule has 0 rings (SSSR count). The molecule has 1 radical (unpaired) electrons. The smallest absolute Gasteiger partial charge is 0.0662 e. The Kier molecular flexibility index (Phi) is 3.91. The van der Waals surface area contributed by atoms with Gasteiger partial charge in [-0.15, -0.1) is 0 Å². The molecule has 10 heavy (non-hydrogen) atoms. The first-order chi connectivity index (χ1) is 4.45. The van der Waals surface area contributed by atoms with Gasteiger partial charge in [0.2, 0.25) is 0 Å². The van der Waals surface area contributed by atoms with Crippen molar-refractivity contribution in [1.29, 1.82) is 0 Å². The maximum Gasteiger partial charge on any atom is 0.0662 e. The highest BCUT2D eigenvalue weighted by atomic mass is 16.3. The molecule has 61 valence electrons. The average molecular weight is 144 g/mol. The first kappa shape index (κ1) is 9.92. The van der Waals surface area contributed by atoms with Crippen molar-refractivity contribution in [3.63, 3.8) is 0 Å². The molecule has 0 aromatic rings. The van der Waals surface area contributed by atoms with Gasteiger partial charge in [-0.05, 0) is 25.2 Å². The van der Waals surface area contributed by atoms with Gasteiger partial charge in [-0.3, -0.25) is 0 Å². The van der Waals surface area contributed by atoms with Crippen LogP contribution in [0.15, 0.2) is 0 Å². The third kappa shape index (κ3) is 6.05. The van der Waals surface area contributed by atoms with Gasteiger partial charge in [0.1, 0.15) is 0 Å². The fourth-order valence-corrected chi connectivity index (χ4v) is 0.675. The molecule has 0 aliphatic rings. The lowest BCUT2D eigenvalue weighted by molar-refractivity contribution is 0.157. The lowest BCUT2D eigenvalue weighted by atomic mass is 9.89. The molecular formula is C8H18NO. The molecule has 0 aromatic heterocycles. The topological polar surface area (TPSA) is 46.2 Å². The zero-order chi connectivity index (χ0) is 8.20. The van der Waals surface area contributed by atoms with Gasteiger partial charge in [0.25, 0.3) is 0 Å². The van der Waals surface area contributed by atoms with Gasteiger partial charge >= 0.3 is 0 Å². The van der Waals surface area contributed by atoms with E-state index in [1.54, 1.807) is 0 Å². The Labute approximate surface area is 63.4 Å². The molecule has 0 aromatic carbocycles. The first-order valence-electron chi connectivity index (χ1n) is 3.69. The Hall–Kier alpha value is -0.0800. The average Bonchev–Trinajstić information content (AvgIpc) is 1.81. The van der Waals surface area contributed by atoms with Crippen LogP contribution in [-0.4, -0.2) is 17.8 Å². The van der Waals surface area contributed by atoms with Crippen LogP contribution in [0.4, 0.5) is 0 Å². The molecule has 0 fully saturated rings. The molecule has 0 bridgehead atoms. The molecule has 1 atom stereocenters. The van der Waals surface area contributed by atoms with E-state index in [2.05, 4.69) is 20.8 Å². The van der Waals surface area contributed by atoms with E-state index in [1.165, 1.54) is 0 Å². The van der Waals surface area contributed by atoms with E-state index in [4.69, 9.17) is 10.8 Å². The van der Waals surface area contributed by atoms with Crippen molar-refractivity contribution in [3.05, 3.63) is 6.92 Å². The lowest BCUT2D eigenvalue weighted by Gasteiger charge is -2.19. The Morgan fingerprint density at radius 1 is 1.60 bits per heavy atom. The van der Waals surface area contributed by atoms with Crippen LogP contribution in [0.5, 0.6) is 0 Å². The summed E-state index contributed by atoms with van der Waals surface area (Å²) in [5.41, 5.74) is 5.30. The van der Waals surface area contributed by atoms with Crippen LogP contribution in [0.1, 0.15) is 26.7 Å². The number of aliphatic hydroxyl groups is 1. The number of hydrogen-bond acceptors (Lipinski definition) is 2. The maximum absolute atomic E-state index is 9.07. The largest absolute Gasteiger partial charge is 0.392 e. The van der Waals surface area contributed by atoms with Crippen molar-refractivity contribution < 1.29 is 5.11 Å². The summed E-state index contributed by atoms with van der Waals surface area (Å²) in [6.07, 6.45) is 1.33. The predicted octanol–water partition coefficient (Wildman–Crippen LogP) is 0.946. The van der Waals surface area contributed by atoms with E-state index >= 15 is 0 Å².